The normalized spacial score (nSPS) is 10.7. The van der Waals surface area contributed by atoms with Gasteiger partial charge in [-0.2, -0.15) is 5.26 Å². The monoisotopic (exact) mass is 202 g/mol. The quantitative estimate of drug-likeness (QED) is 0.634. The zero-order chi connectivity index (χ0) is 9.19. The molecule has 0 spiro atoms. The highest BCUT2D eigenvalue weighted by Gasteiger charge is 2.14. The Bertz CT molecular complexity index is 435. The first kappa shape index (κ1) is 8.97. The molecule has 0 radical (unpaired) electrons. The van der Waals surface area contributed by atoms with E-state index in [2.05, 4.69) is 4.98 Å². The molecule has 0 aliphatic carbocycles. The summed E-state index contributed by atoms with van der Waals surface area (Å²) in [6.45, 7) is 0. The second-order valence-corrected chi connectivity index (χ2v) is 4.46. The Balaban J connectivity index is 3.47. The molecule has 1 aromatic heterocycles. The van der Waals surface area contributed by atoms with Crippen molar-refractivity contribution in [2.75, 3.05) is 0 Å². The number of aromatic nitrogens is 1. The van der Waals surface area contributed by atoms with E-state index in [1.54, 1.807) is 6.07 Å². The molecule has 0 unspecified atom stereocenters. The van der Waals surface area contributed by atoms with E-state index in [9.17, 15) is 8.42 Å². The Hall–Kier alpha value is -1.12. The van der Waals surface area contributed by atoms with Gasteiger partial charge in [-0.05, 0) is 6.07 Å². The van der Waals surface area contributed by atoms with Gasteiger partial charge in [0.2, 0.25) is 0 Å². The smallest absolute Gasteiger partial charge is 0.262 e. The molecule has 12 heavy (non-hydrogen) atoms. The minimum atomic E-state index is -3.84. The molecule has 0 N–H and O–H groups in total. The van der Waals surface area contributed by atoms with Gasteiger partial charge in [0, 0.05) is 23.1 Å². The Labute approximate surface area is 73.8 Å². The summed E-state index contributed by atoms with van der Waals surface area (Å²) in [4.78, 5) is 3.38. The molecule has 0 aromatic carbocycles. The van der Waals surface area contributed by atoms with Gasteiger partial charge in [-0.3, -0.25) is 4.98 Å². The van der Waals surface area contributed by atoms with Crippen molar-refractivity contribution in [3.05, 3.63) is 24.0 Å². The lowest BCUT2D eigenvalue weighted by Gasteiger charge is -1.95. The van der Waals surface area contributed by atoms with Crippen molar-refractivity contribution in [1.82, 2.24) is 4.98 Å². The molecule has 0 atom stereocenters. The maximum Gasteiger partial charge on any atom is 0.262 e. The zero-order valence-corrected chi connectivity index (χ0v) is 7.30. The number of nitrogens with zero attached hydrogens (tertiary/aromatic N) is 2. The Morgan fingerprint density at radius 3 is 2.67 bits per heavy atom. The lowest BCUT2D eigenvalue weighted by atomic mass is 10.3. The van der Waals surface area contributed by atoms with E-state index in [4.69, 9.17) is 15.9 Å². The van der Waals surface area contributed by atoms with Gasteiger partial charge in [0.05, 0.1) is 5.56 Å². The average Bonchev–Trinajstić information content (AvgIpc) is 2.03. The maximum absolute atomic E-state index is 10.8. The van der Waals surface area contributed by atoms with Crippen molar-refractivity contribution < 1.29 is 8.42 Å². The van der Waals surface area contributed by atoms with Crippen molar-refractivity contribution in [2.45, 2.75) is 4.90 Å². The van der Waals surface area contributed by atoms with Crippen molar-refractivity contribution in [1.29, 1.82) is 5.26 Å². The first-order chi connectivity index (χ1) is 5.55. The van der Waals surface area contributed by atoms with E-state index in [-0.39, 0.29) is 10.5 Å². The van der Waals surface area contributed by atoms with Gasteiger partial charge in [-0.1, -0.05) is 0 Å². The molecule has 0 fully saturated rings. The maximum atomic E-state index is 10.8. The first-order valence-corrected chi connectivity index (χ1v) is 5.15. The van der Waals surface area contributed by atoms with Crippen LogP contribution in [0, 0.1) is 11.3 Å². The second kappa shape index (κ2) is 3.09. The van der Waals surface area contributed by atoms with Gasteiger partial charge in [0.15, 0.2) is 0 Å². The molecule has 1 aromatic rings. The number of nitriles is 1. The van der Waals surface area contributed by atoms with E-state index in [1.807, 2.05) is 0 Å². The molecular formula is C6H3ClN2O2S. The van der Waals surface area contributed by atoms with Crippen LogP contribution in [-0.2, 0) is 9.05 Å². The minimum absolute atomic E-state index is 0.0486. The average molecular weight is 203 g/mol. The van der Waals surface area contributed by atoms with Crippen molar-refractivity contribution in [3.63, 3.8) is 0 Å². The summed E-state index contributed by atoms with van der Waals surface area (Å²) in [7, 11) is 1.20. The molecule has 4 nitrogen and oxygen atoms in total. The van der Waals surface area contributed by atoms with E-state index in [0.717, 1.165) is 6.20 Å². The second-order valence-electron chi connectivity index (χ2n) is 1.92. The highest BCUT2D eigenvalue weighted by molar-refractivity contribution is 8.13. The Morgan fingerprint density at radius 1 is 1.58 bits per heavy atom. The molecule has 6 heteroatoms. The zero-order valence-electron chi connectivity index (χ0n) is 5.73. The summed E-state index contributed by atoms with van der Waals surface area (Å²) >= 11 is 0. The largest absolute Gasteiger partial charge is 0.263 e. The standard InChI is InChI=1S/C6H3ClN2O2S/c7-12(10,11)6-1-2-9-4-5(6)3-8/h1-2,4H. The summed E-state index contributed by atoms with van der Waals surface area (Å²) in [6.07, 6.45) is 2.41. The Morgan fingerprint density at radius 2 is 2.25 bits per heavy atom. The Kier molecular flexibility index (Phi) is 2.31. The fourth-order valence-electron chi connectivity index (χ4n) is 0.678. The predicted molar refractivity (Wildman–Crippen MR) is 42.0 cm³/mol. The molecule has 0 bridgehead atoms. The van der Waals surface area contributed by atoms with Crippen LogP contribution in [0.3, 0.4) is 0 Å². The third-order valence-corrected chi connectivity index (χ3v) is 2.54. The van der Waals surface area contributed by atoms with E-state index in [0.29, 0.717) is 0 Å². The van der Waals surface area contributed by atoms with Crippen LogP contribution in [0.2, 0.25) is 0 Å². The van der Waals surface area contributed by atoms with Crippen LogP contribution >= 0.6 is 10.7 Å². The first-order valence-electron chi connectivity index (χ1n) is 2.84. The van der Waals surface area contributed by atoms with Gasteiger partial charge < -0.3 is 0 Å². The van der Waals surface area contributed by atoms with Crippen molar-refractivity contribution in [2.24, 2.45) is 0 Å². The lowest BCUT2D eigenvalue weighted by molar-refractivity contribution is 0.609. The summed E-state index contributed by atoms with van der Waals surface area (Å²) in [5.41, 5.74) is -0.0486. The molecule has 0 aliphatic heterocycles. The number of rotatable bonds is 1. The van der Waals surface area contributed by atoms with Crippen LogP contribution in [0.5, 0.6) is 0 Å². The number of halogens is 1. The summed E-state index contributed by atoms with van der Waals surface area (Å²) in [5, 5.41) is 8.47. The lowest BCUT2D eigenvalue weighted by Crippen LogP contribution is -1.95. The predicted octanol–water partition coefficient (Wildman–Crippen LogP) is 0.881. The van der Waals surface area contributed by atoms with E-state index >= 15 is 0 Å². The highest BCUT2D eigenvalue weighted by atomic mass is 35.7. The van der Waals surface area contributed by atoms with Crippen molar-refractivity contribution in [3.8, 4) is 6.07 Å². The highest BCUT2D eigenvalue weighted by Crippen LogP contribution is 2.17. The molecular weight excluding hydrogens is 200 g/mol. The minimum Gasteiger partial charge on any atom is -0.263 e. The fraction of sp³-hybridized carbons (Fsp3) is 0. The fourth-order valence-corrected chi connectivity index (χ4v) is 1.67. The molecule has 62 valence electrons. The summed E-state index contributed by atoms with van der Waals surface area (Å²) in [6, 6.07) is 2.86. The number of pyridine rings is 1. The van der Waals surface area contributed by atoms with E-state index < -0.39 is 9.05 Å². The SMILES string of the molecule is N#Cc1cnccc1S(=O)(=O)Cl. The van der Waals surface area contributed by atoms with Gasteiger partial charge in [0.25, 0.3) is 9.05 Å². The molecule has 1 heterocycles. The third-order valence-electron chi connectivity index (χ3n) is 1.16. The van der Waals surface area contributed by atoms with Crippen LogP contribution < -0.4 is 0 Å². The van der Waals surface area contributed by atoms with Gasteiger partial charge in [0.1, 0.15) is 11.0 Å². The van der Waals surface area contributed by atoms with Gasteiger partial charge >= 0.3 is 0 Å². The van der Waals surface area contributed by atoms with Crippen LogP contribution in [0.15, 0.2) is 23.4 Å². The molecule has 0 saturated carbocycles. The number of hydrogen-bond donors (Lipinski definition) is 0. The molecule has 0 saturated heterocycles. The summed E-state index contributed by atoms with van der Waals surface area (Å²) < 4.78 is 21.6. The molecule has 0 aliphatic rings. The topological polar surface area (TPSA) is 70.8 Å². The molecule has 0 amide bonds. The van der Waals surface area contributed by atoms with Crippen LogP contribution in [0.1, 0.15) is 5.56 Å². The number of hydrogen-bond acceptors (Lipinski definition) is 4. The third kappa shape index (κ3) is 1.72. The van der Waals surface area contributed by atoms with Crippen molar-refractivity contribution >= 4 is 19.7 Å². The van der Waals surface area contributed by atoms with Crippen LogP contribution in [0.25, 0.3) is 0 Å². The van der Waals surface area contributed by atoms with Crippen LogP contribution in [-0.4, -0.2) is 13.4 Å². The van der Waals surface area contributed by atoms with Gasteiger partial charge in [-0.15, -0.1) is 0 Å². The summed E-state index contributed by atoms with van der Waals surface area (Å²) in [5.74, 6) is 0. The molecule has 1 rings (SSSR count). The van der Waals surface area contributed by atoms with E-state index in [1.165, 1.54) is 12.3 Å². The van der Waals surface area contributed by atoms with Gasteiger partial charge in [-0.25, -0.2) is 8.42 Å². The van der Waals surface area contributed by atoms with Crippen LogP contribution in [0.4, 0.5) is 0 Å².